The predicted octanol–water partition coefficient (Wildman–Crippen LogP) is 3.00. The molecule has 2 atom stereocenters. The highest BCUT2D eigenvalue weighted by Crippen LogP contribution is 2.30. The molecule has 0 unspecified atom stereocenters. The van der Waals surface area contributed by atoms with E-state index < -0.39 is 0 Å². The van der Waals surface area contributed by atoms with Gasteiger partial charge in [-0.05, 0) is 38.8 Å². The number of amides is 3. The lowest BCUT2D eigenvalue weighted by Crippen LogP contribution is -2.54. The maximum absolute atomic E-state index is 13.2. The minimum Gasteiger partial charge on any atom is -0.374 e. The van der Waals surface area contributed by atoms with Gasteiger partial charge in [-0.2, -0.15) is 0 Å². The monoisotopic (exact) mass is 345 g/mol. The predicted molar refractivity (Wildman–Crippen MR) is 96.8 cm³/mol. The molecule has 1 saturated carbocycles. The molecule has 1 heterocycles. The summed E-state index contributed by atoms with van der Waals surface area (Å²) in [7, 11) is 0. The van der Waals surface area contributed by atoms with Gasteiger partial charge in [-0.3, -0.25) is 4.79 Å². The smallest absolute Gasteiger partial charge is 0.319 e. The van der Waals surface area contributed by atoms with Gasteiger partial charge in [-0.1, -0.05) is 25.0 Å². The molecule has 6 heteroatoms. The Morgan fingerprint density at radius 2 is 1.96 bits per heavy atom. The van der Waals surface area contributed by atoms with Crippen molar-refractivity contribution in [2.45, 2.75) is 57.7 Å². The molecule has 2 aliphatic rings. The molecule has 1 aliphatic carbocycles. The Bertz CT molecular complexity index is 630. The molecule has 6 nitrogen and oxygen atoms in total. The Morgan fingerprint density at radius 3 is 2.76 bits per heavy atom. The maximum atomic E-state index is 13.2. The quantitative estimate of drug-likeness (QED) is 0.885. The van der Waals surface area contributed by atoms with Gasteiger partial charge in [0.2, 0.25) is 0 Å². The summed E-state index contributed by atoms with van der Waals surface area (Å²) >= 11 is 0. The molecule has 3 rings (SSSR count). The minimum absolute atomic E-state index is 0.0272. The number of nitrogens with one attached hydrogen (secondary N) is 2. The number of morpholine rings is 1. The third-order valence-corrected chi connectivity index (χ3v) is 4.82. The molecule has 0 spiro atoms. The van der Waals surface area contributed by atoms with Gasteiger partial charge in [0.1, 0.15) is 0 Å². The molecule has 2 fully saturated rings. The van der Waals surface area contributed by atoms with Gasteiger partial charge in [-0.15, -0.1) is 0 Å². The first kappa shape index (κ1) is 17.7. The normalized spacial score (nSPS) is 23.1. The number of hydrogen-bond donors (Lipinski definition) is 2. The number of anilines is 1. The van der Waals surface area contributed by atoms with Gasteiger partial charge in [0.25, 0.3) is 5.91 Å². The maximum Gasteiger partial charge on any atom is 0.319 e. The number of rotatable bonds is 3. The first-order valence-electron chi connectivity index (χ1n) is 9.15. The van der Waals surface area contributed by atoms with Crippen molar-refractivity contribution in [2.24, 2.45) is 0 Å². The number of hydrogen-bond acceptors (Lipinski definition) is 3. The van der Waals surface area contributed by atoms with Crippen LogP contribution in [0.2, 0.25) is 0 Å². The zero-order chi connectivity index (χ0) is 17.8. The lowest BCUT2D eigenvalue weighted by molar-refractivity contribution is -0.0752. The second-order valence-corrected chi connectivity index (χ2v) is 7.06. The first-order chi connectivity index (χ1) is 12.1. The summed E-state index contributed by atoms with van der Waals surface area (Å²) in [5, 5.41) is 5.59. The molecule has 25 heavy (non-hydrogen) atoms. The van der Waals surface area contributed by atoms with Crippen LogP contribution in [0, 0.1) is 0 Å². The molecule has 1 aromatic rings. The van der Waals surface area contributed by atoms with Gasteiger partial charge in [0, 0.05) is 12.6 Å². The van der Waals surface area contributed by atoms with Crippen LogP contribution >= 0.6 is 0 Å². The summed E-state index contributed by atoms with van der Waals surface area (Å²) in [5.74, 6) is -0.0272. The molecular formula is C19H27N3O3. The first-order valence-corrected chi connectivity index (χ1v) is 9.15. The molecule has 2 N–H and O–H groups in total. The number of nitrogens with zero attached hydrogens (tertiary/aromatic N) is 1. The third-order valence-electron chi connectivity index (χ3n) is 4.82. The highest BCUT2D eigenvalue weighted by Gasteiger charge is 2.37. The van der Waals surface area contributed by atoms with E-state index in [4.69, 9.17) is 4.74 Å². The zero-order valence-electron chi connectivity index (χ0n) is 15.0. The summed E-state index contributed by atoms with van der Waals surface area (Å²) in [6.07, 6.45) is 4.45. The van der Waals surface area contributed by atoms with Crippen LogP contribution in [0.15, 0.2) is 24.3 Å². The van der Waals surface area contributed by atoms with E-state index in [-0.39, 0.29) is 30.1 Å². The highest BCUT2D eigenvalue weighted by molar-refractivity contribution is 6.03. The van der Waals surface area contributed by atoms with E-state index in [2.05, 4.69) is 10.6 Å². The van der Waals surface area contributed by atoms with E-state index in [1.54, 1.807) is 12.1 Å². The molecule has 1 aliphatic heterocycles. The number of carbonyl (C=O) groups excluding carboxylic acids is 2. The summed E-state index contributed by atoms with van der Waals surface area (Å²) in [5.41, 5.74) is 1.08. The van der Waals surface area contributed by atoms with Crippen LogP contribution in [0.5, 0.6) is 0 Å². The summed E-state index contributed by atoms with van der Waals surface area (Å²) < 4.78 is 5.86. The molecule has 0 aromatic heterocycles. The summed E-state index contributed by atoms with van der Waals surface area (Å²) in [6, 6.07) is 7.08. The molecule has 1 saturated heterocycles. The van der Waals surface area contributed by atoms with Crippen molar-refractivity contribution >= 4 is 17.6 Å². The molecule has 0 bridgehead atoms. The van der Waals surface area contributed by atoms with Crippen LogP contribution in [0.3, 0.4) is 0 Å². The largest absolute Gasteiger partial charge is 0.374 e. The fraction of sp³-hybridized carbons (Fsp3) is 0.579. The van der Waals surface area contributed by atoms with Crippen molar-refractivity contribution in [3.63, 3.8) is 0 Å². The second-order valence-electron chi connectivity index (χ2n) is 7.06. The number of fused-ring (bicyclic) bond motifs is 1. The Hall–Kier alpha value is -2.08. The molecular weight excluding hydrogens is 318 g/mol. The van der Waals surface area contributed by atoms with E-state index in [1.807, 2.05) is 30.9 Å². The van der Waals surface area contributed by atoms with Crippen LogP contribution in [0.1, 0.15) is 49.9 Å². The fourth-order valence-electron chi connectivity index (χ4n) is 3.70. The van der Waals surface area contributed by atoms with Crippen LogP contribution in [-0.4, -0.2) is 48.2 Å². The standard InChI is InChI=1S/C19H27N3O3/c1-13(2)20-19(24)21-15-8-4-3-7-14(15)18(23)22-11-12-25-17-10-6-5-9-16(17)22/h3-4,7-8,13,16-17H,5-6,9-12H2,1-2H3,(H2,20,21,24)/t16-,17+/m1/s1. The van der Waals surface area contributed by atoms with Gasteiger partial charge in [0.15, 0.2) is 0 Å². The average Bonchev–Trinajstić information content (AvgIpc) is 2.60. The molecule has 1 aromatic carbocycles. The van der Waals surface area contributed by atoms with Crippen LogP contribution in [0.25, 0.3) is 0 Å². The Labute approximate surface area is 148 Å². The van der Waals surface area contributed by atoms with Crippen molar-refractivity contribution in [3.05, 3.63) is 29.8 Å². The van der Waals surface area contributed by atoms with Crippen molar-refractivity contribution in [1.29, 1.82) is 0 Å². The number of ether oxygens (including phenoxy) is 1. The molecule has 0 radical (unpaired) electrons. The van der Waals surface area contributed by atoms with Crippen molar-refractivity contribution in [3.8, 4) is 0 Å². The minimum atomic E-state index is -0.298. The molecule has 136 valence electrons. The lowest BCUT2D eigenvalue weighted by atomic mass is 9.89. The van der Waals surface area contributed by atoms with Gasteiger partial charge >= 0.3 is 6.03 Å². The highest BCUT2D eigenvalue weighted by atomic mass is 16.5. The van der Waals surface area contributed by atoms with Gasteiger partial charge in [-0.25, -0.2) is 4.79 Å². The van der Waals surface area contributed by atoms with E-state index in [0.717, 1.165) is 25.7 Å². The number of para-hydroxylation sites is 1. The average molecular weight is 345 g/mol. The lowest BCUT2D eigenvalue weighted by Gasteiger charge is -2.44. The van der Waals surface area contributed by atoms with Crippen molar-refractivity contribution < 1.29 is 14.3 Å². The zero-order valence-corrected chi connectivity index (χ0v) is 15.0. The molecule has 3 amide bonds. The number of carbonyl (C=O) groups is 2. The van der Waals surface area contributed by atoms with Crippen LogP contribution in [0.4, 0.5) is 10.5 Å². The summed E-state index contributed by atoms with van der Waals surface area (Å²) in [6.45, 7) is 4.98. The Morgan fingerprint density at radius 1 is 1.20 bits per heavy atom. The van der Waals surface area contributed by atoms with Gasteiger partial charge < -0.3 is 20.3 Å². The van der Waals surface area contributed by atoms with E-state index in [9.17, 15) is 9.59 Å². The Kier molecular flexibility index (Phi) is 5.58. The van der Waals surface area contributed by atoms with E-state index in [1.165, 1.54) is 0 Å². The van der Waals surface area contributed by atoms with Crippen LogP contribution in [-0.2, 0) is 4.74 Å². The fourth-order valence-corrected chi connectivity index (χ4v) is 3.70. The van der Waals surface area contributed by atoms with E-state index in [0.29, 0.717) is 24.4 Å². The van der Waals surface area contributed by atoms with Crippen molar-refractivity contribution in [2.75, 3.05) is 18.5 Å². The Balaban J connectivity index is 1.78. The topological polar surface area (TPSA) is 70.7 Å². The number of benzene rings is 1. The van der Waals surface area contributed by atoms with Gasteiger partial charge in [0.05, 0.1) is 30.0 Å². The van der Waals surface area contributed by atoms with Crippen LogP contribution < -0.4 is 10.6 Å². The number of urea groups is 1. The second kappa shape index (κ2) is 7.87. The van der Waals surface area contributed by atoms with Crippen molar-refractivity contribution in [1.82, 2.24) is 10.2 Å². The summed E-state index contributed by atoms with van der Waals surface area (Å²) in [4.78, 5) is 27.2. The third kappa shape index (κ3) is 4.12. The SMILES string of the molecule is CC(C)NC(=O)Nc1ccccc1C(=O)N1CCO[C@H]2CCCC[C@H]21. The van der Waals surface area contributed by atoms with E-state index >= 15 is 0 Å².